The van der Waals surface area contributed by atoms with E-state index in [1.165, 1.54) is 32.1 Å². The molecule has 1 spiro atoms. The SMILES string of the molecule is CCOC1CC(NCc2ccc(CO)o2)C12CCCCC2. The fraction of sp³-hybridized carbons (Fsp3) is 0.765. The number of furan rings is 1. The Morgan fingerprint density at radius 1 is 1.29 bits per heavy atom. The number of aliphatic hydroxyl groups excluding tert-OH is 1. The fourth-order valence-corrected chi connectivity index (χ4v) is 4.18. The molecule has 3 rings (SSSR count). The summed E-state index contributed by atoms with van der Waals surface area (Å²) in [5.41, 5.74) is 0.348. The second-order valence-electron chi connectivity index (χ2n) is 6.43. The first-order chi connectivity index (χ1) is 10.3. The zero-order chi connectivity index (χ0) is 14.7. The Morgan fingerprint density at radius 3 is 2.71 bits per heavy atom. The summed E-state index contributed by atoms with van der Waals surface area (Å²) in [7, 11) is 0. The molecule has 0 bridgehead atoms. The molecule has 0 radical (unpaired) electrons. The summed E-state index contributed by atoms with van der Waals surface area (Å²) in [4.78, 5) is 0. The van der Waals surface area contributed by atoms with Crippen LogP contribution in [0.4, 0.5) is 0 Å². The number of nitrogens with one attached hydrogen (secondary N) is 1. The molecule has 2 unspecified atom stereocenters. The number of aliphatic hydroxyl groups is 1. The van der Waals surface area contributed by atoms with Gasteiger partial charge in [0.1, 0.15) is 18.1 Å². The summed E-state index contributed by atoms with van der Waals surface area (Å²) >= 11 is 0. The van der Waals surface area contributed by atoms with Gasteiger partial charge >= 0.3 is 0 Å². The van der Waals surface area contributed by atoms with Gasteiger partial charge in [0.15, 0.2) is 0 Å². The molecular formula is C17H27NO3. The highest BCUT2D eigenvalue weighted by Crippen LogP contribution is 2.53. The molecular weight excluding hydrogens is 266 g/mol. The molecule has 2 atom stereocenters. The van der Waals surface area contributed by atoms with Crippen molar-refractivity contribution in [1.29, 1.82) is 0 Å². The third-order valence-corrected chi connectivity index (χ3v) is 5.33. The predicted molar refractivity (Wildman–Crippen MR) is 80.8 cm³/mol. The van der Waals surface area contributed by atoms with Crippen molar-refractivity contribution < 1.29 is 14.3 Å². The Morgan fingerprint density at radius 2 is 2.05 bits per heavy atom. The van der Waals surface area contributed by atoms with Crippen LogP contribution in [0, 0.1) is 5.41 Å². The monoisotopic (exact) mass is 293 g/mol. The topological polar surface area (TPSA) is 54.6 Å². The van der Waals surface area contributed by atoms with Crippen molar-refractivity contribution in [3.63, 3.8) is 0 Å². The smallest absolute Gasteiger partial charge is 0.129 e. The minimum atomic E-state index is -0.0280. The fourth-order valence-electron chi connectivity index (χ4n) is 4.18. The Labute approximate surface area is 126 Å². The first-order valence-corrected chi connectivity index (χ1v) is 8.32. The first kappa shape index (κ1) is 15.1. The van der Waals surface area contributed by atoms with E-state index in [9.17, 15) is 0 Å². The second kappa shape index (κ2) is 6.51. The Hall–Kier alpha value is -0.840. The molecule has 1 aromatic rings. The lowest BCUT2D eigenvalue weighted by molar-refractivity contribution is -0.150. The molecule has 1 heterocycles. The van der Waals surface area contributed by atoms with Crippen molar-refractivity contribution in [3.8, 4) is 0 Å². The highest BCUT2D eigenvalue weighted by atomic mass is 16.5. The Balaban J connectivity index is 1.59. The van der Waals surface area contributed by atoms with E-state index >= 15 is 0 Å². The molecule has 0 saturated heterocycles. The molecule has 2 saturated carbocycles. The molecule has 2 aliphatic rings. The van der Waals surface area contributed by atoms with Crippen LogP contribution < -0.4 is 5.32 Å². The molecule has 0 aromatic carbocycles. The van der Waals surface area contributed by atoms with Gasteiger partial charge < -0.3 is 19.6 Å². The minimum Gasteiger partial charge on any atom is -0.462 e. The van der Waals surface area contributed by atoms with Crippen molar-refractivity contribution in [1.82, 2.24) is 5.32 Å². The van der Waals surface area contributed by atoms with E-state index < -0.39 is 0 Å². The third kappa shape index (κ3) is 2.89. The van der Waals surface area contributed by atoms with Crippen LogP contribution in [-0.4, -0.2) is 23.9 Å². The van der Waals surface area contributed by atoms with Gasteiger partial charge in [-0.15, -0.1) is 0 Å². The summed E-state index contributed by atoms with van der Waals surface area (Å²) in [5.74, 6) is 1.55. The van der Waals surface area contributed by atoms with Gasteiger partial charge in [-0.1, -0.05) is 19.3 Å². The van der Waals surface area contributed by atoms with Gasteiger partial charge in [0.25, 0.3) is 0 Å². The minimum absolute atomic E-state index is 0.0280. The van der Waals surface area contributed by atoms with Crippen LogP contribution >= 0.6 is 0 Å². The molecule has 1 aromatic heterocycles. The van der Waals surface area contributed by atoms with Crippen molar-refractivity contribution in [2.45, 2.75) is 70.7 Å². The molecule has 118 valence electrons. The van der Waals surface area contributed by atoms with Gasteiger partial charge in [0.05, 0.1) is 12.6 Å². The van der Waals surface area contributed by atoms with E-state index in [1.807, 2.05) is 12.1 Å². The highest BCUT2D eigenvalue weighted by Gasteiger charge is 2.55. The quantitative estimate of drug-likeness (QED) is 0.846. The molecule has 0 amide bonds. The van der Waals surface area contributed by atoms with Crippen molar-refractivity contribution >= 4 is 0 Å². The average Bonchev–Trinajstić information content (AvgIpc) is 2.99. The van der Waals surface area contributed by atoms with Crippen LogP contribution in [-0.2, 0) is 17.9 Å². The van der Waals surface area contributed by atoms with Crippen molar-refractivity contribution in [2.75, 3.05) is 6.61 Å². The van der Waals surface area contributed by atoms with E-state index in [-0.39, 0.29) is 6.61 Å². The van der Waals surface area contributed by atoms with Gasteiger partial charge in [-0.25, -0.2) is 0 Å². The number of hydrogen-bond donors (Lipinski definition) is 2. The van der Waals surface area contributed by atoms with E-state index in [4.69, 9.17) is 14.3 Å². The van der Waals surface area contributed by atoms with Gasteiger partial charge in [-0.2, -0.15) is 0 Å². The molecule has 4 heteroatoms. The maximum atomic E-state index is 9.05. The van der Waals surface area contributed by atoms with Crippen LogP contribution in [0.1, 0.15) is 57.0 Å². The summed E-state index contributed by atoms with van der Waals surface area (Å²) in [6.07, 6.45) is 8.15. The Bertz CT molecular complexity index is 451. The summed E-state index contributed by atoms with van der Waals surface area (Å²) in [6, 6.07) is 4.33. The standard InChI is InChI=1S/C17H27NO3/c1-2-20-16-10-15(17(16)8-4-3-5-9-17)18-11-13-6-7-14(12-19)21-13/h6-7,15-16,18-19H,2-5,8-12H2,1H3. The maximum Gasteiger partial charge on any atom is 0.129 e. The average molecular weight is 293 g/mol. The summed E-state index contributed by atoms with van der Waals surface area (Å²) < 4.78 is 11.5. The van der Waals surface area contributed by atoms with Crippen LogP contribution in [0.25, 0.3) is 0 Å². The molecule has 2 fully saturated rings. The number of ether oxygens (including phenoxy) is 1. The highest BCUT2D eigenvalue weighted by molar-refractivity contribution is 5.11. The predicted octanol–water partition coefficient (Wildman–Crippen LogP) is 2.99. The number of rotatable bonds is 6. The molecule has 2 aliphatic carbocycles. The van der Waals surface area contributed by atoms with Crippen LogP contribution in [0.2, 0.25) is 0 Å². The van der Waals surface area contributed by atoms with Gasteiger partial charge in [-0.05, 0) is 38.3 Å². The van der Waals surface area contributed by atoms with E-state index in [2.05, 4.69) is 12.2 Å². The molecule has 4 nitrogen and oxygen atoms in total. The molecule has 0 aliphatic heterocycles. The lowest BCUT2D eigenvalue weighted by Gasteiger charge is -2.58. The van der Waals surface area contributed by atoms with Crippen LogP contribution in [0.3, 0.4) is 0 Å². The maximum absolute atomic E-state index is 9.05. The van der Waals surface area contributed by atoms with Gasteiger partial charge in [0.2, 0.25) is 0 Å². The van der Waals surface area contributed by atoms with E-state index in [1.54, 1.807) is 0 Å². The van der Waals surface area contributed by atoms with Crippen molar-refractivity contribution in [2.24, 2.45) is 5.41 Å². The molecule has 21 heavy (non-hydrogen) atoms. The zero-order valence-corrected chi connectivity index (χ0v) is 12.9. The first-order valence-electron chi connectivity index (χ1n) is 8.32. The normalized spacial score (nSPS) is 27.7. The lowest BCUT2D eigenvalue weighted by Crippen LogP contribution is -2.64. The van der Waals surface area contributed by atoms with E-state index in [0.29, 0.717) is 23.3 Å². The Kier molecular flexibility index (Phi) is 4.67. The third-order valence-electron chi connectivity index (χ3n) is 5.33. The van der Waals surface area contributed by atoms with E-state index in [0.717, 1.165) is 25.3 Å². The van der Waals surface area contributed by atoms with Crippen LogP contribution in [0.15, 0.2) is 16.5 Å². The largest absolute Gasteiger partial charge is 0.462 e. The van der Waals surface area contributed by atoms with Crippen molar-refractivity contribution in [3.05, 3.63) is 23.7 Å². The number of hydrogen-bond acceptors (Lipinski definition) is 4. The van der Waals surface area contributed by atoms with Gasteiger partial charge in [-0.3, -0.25) is 0 Å². The second-order valence-corrected chi connectivity index (χ2v) is 6.43. The lowest BCUT2D eigenvalue weighted by atomic mass is 9.55. The summed E-state index contributed by atoms with van der Waals surface area (Å²) in [5, 5.41) is 12.7. The summed E-state index contributed by atoms with van der Waals surface area (Å²) in [6.45, 7) is 3.62. The van der Waals surface area contributed by atoms with Crippen LogP contribution in [0.5, 0.6) is 0 Å². The zero-order valence-electron chi connectivity index (χ0n) is 12.9. The van der Waals surface area contributed by atoms with Gasteiger partial charge in [0, 0.05) is 18.1 Å². The molecule has 2 N–H and O–H groups in total.